The topological polar surface area (TPSA) is 12.0 Å². The van der Waals surface area contributed by atoms with Gasteiger partial charge in [0.25, 0.3) is 0 Å². The first-order valence-electron chi connectivity index (χ1n) is 6.30. The van der Waals surface area contributed by atoms with Crippen molar-refractivity contribution in [2.75, 3.05) is 5.32 Å². The van der Waals surface area contributed by atoms with Gasteiger partial charge in [-0.1, -0.05) is 26.3 Å². The number of hydrogen-bond acceptors (Lipinski definition) is 1. The van der Waals surface area contributed by atoms with Gasteiger partial charge < -0.3 is 5.32 Å². The highest BCUT2D eigenvalue weighted by Gasteiger charge is 2.28. The molecule has 0 saturated heterocycles. The smallest absolute Gasteiger partial charge is 0.181 e. The molecular formula is C14H19F2N. The minimum absolute atomic E-state index is 0.236. The van der Waals surface area contributed by atoms with E-state index in [1.54, 1.807) is 12.1 Å². The molecule has 1 N–H and O–H groups in total. The van der Waals surface area contributed by atoms with Crippen molar-refractivity contribution in [2.45, 2.75) is 39.2 Å². The molecule has 0 bridgehead atoms. The van der Waals surface area contributed by atoms with Gasteiger partial charge in [0.15, 0.2) is 11.6 Å². The second-order valence-electron chi connectivity index (χ2n) is 5.16. The summed E-state index contributed by atoms with van der Waals surface area (Å²) in [4.78, 5) is 0. The van der Waals surface area contributed by atoms with E-state index in [-0.39, 0.29) is 11.7 Å². The summed E-state index contributed by atoms with van der Waals surface area (Å²) in [5, 5.41) is 3.17. The molecule has 3 heteroatoms. The summed E-state index contributed by atoms with van der Waals surface area (Å²) in [5.41, 5.74) is 0.288. The summed E-state index contributed by atoms with van der Waals surface area (Å²) in [7, 11) is 0. The second-order valence-corrected chi connectivity index (χ2v) is 5.16. The van der Waals surface area contributed by atoms with E-state index >= 15 is 0 Å². The van der Waals surface area contributed by atoms with Crippen LogP contribution < -0.4 is 5.32 Å². The first-order chi connectivity index (χ1) is 8.09. The number of anilines is 1. The Morgan fingerprint density at radius 1 is 1.12 bits per heavy atom. The standard InChI is InChI=1S/C14H19F2N/c1-9-5-3-6-10(2)14(9)17-12-8-4-7-11(15)13(12)16/h4,7-10,14,17H,3,5-6H2,1-2H3. The normalized spacial score (nSPS) is 29.1. The fourth-order valence-corrected chi connectivity index (χ4v) is 2.76. The van der Waals surface area contributed by atoms with E-state index in [1.807, 2.05) is 0 Å². The van der Waals surface area contributed by atoms with Gasteiger partial charge in [0.1, 0.15) is 0 Å². The summed E-state index contributed by atoms with van der Waals surface area (Å²) in [6.45, 7) is 4.34. The molecule has 1 aromatic carbocycles. The minimum atomic E-state index is -0.786. The summed E-state index contributed by atoms with van der Waals surface area (Å²) in [6.07, 6.45) is 3.53. The highest BCUT2D eigenvalue weighted by Crippen LogP contribution is 2.32. The Kier molecular flexibility index (Phi) is 3.65. The van der Waals surface area contributed by atoms with Crippen molar-refractivity contribution in [1.29, 1.82) is 0 Å². The Labute approximate surface area is 101 Å². The zero-order chi connectivity index (χ0) is 12.4. The Morgan fingerprint density at radius 3 is 2.41 bits per heavy atom. The van der Waals surface area contributed by atoms with Crippen molar-refractivity contribution < 1.29 is 8.78 Å². The first-order valence-corrected chi connectivity index (χ1v) is 6.30. The SMILES string of the molecule is CC1CCCC(C)C1Nc1cccc(F)c1F. The van der Waals surface area contributed by atoms with E-state index in [4.69, 9.17) is 0 Å². The quantitative estimate of drug-likeness (QED) is 0.815. The summed E-state index contributed by atoms with van der Waals surface area (Å²) in [5.74, 6) is -0.550. The minimum Gasteiger partial charge on any atom is -0.379 e. The van der Waals surface area contributed by atoms with Crippen molar-refractivity contribution in [2.24, 2.45) is 11.8 Å². The zero-order valence-corrected chi connectivity index (χ0v) is 10.3. The molecule has 2 atom stereocenters. The average molecular weight is 239 g/mol. The molecule has 0 spiro atoms. The monoisotopic (exact) mass is 239 g/mol. The lowest BCUT2D eigenvalue weighted by Gasteiger charge is -2.36. The molecule has 2 rings (SSSR count). The first kappa shape index (κ1) is 12.3. The third kappa shape index (κ3) is 2.59. The van der Waals surface area contributed by atoms with Crippen LogP contribution in [0.3, 0.4) is 0 Å². The van der Waals surface area contributed by atoms with Crippen LogP contribution in [0.4, 0.5) is 14.5 Å². The Hall–Kier alpha value is -1.12. The highest BCUT2D eigenvalue weighted by molar-refractivity contribution is 5.46. The van der Waals surface area contributed by atoms with Crippen molar-refractivity contribution in [3.8, 4) is 0 Å². The van der Waals surface area contributed by atoms with Crippen molar-refractivity contribution in [3.63, 3.8) is 0 Å². The number of benzene rings is 1. The maximum absolute atomic E-state index is 13.6. The lowest BCUT2D eigenvalue weighted by molar-refractivity contribution is 0.267. The van der Waals surface area contributed by atoms with E-state index in [2.05, 4.69) is 19.2 Å². The lowest BCUT2D eigenvalue weighted by atomic mass is 9.78. The lowest BCUT2D eigenvalue weighted by Crippen LogP contribution is -2.37. The number of nitrogens with one attached hydrogen (secondary N) is 1. The van der Waals surface area contributed by atoms with Crippen LogP contribution in [-0.4, -0.2) is 6.04 Å². The van der Waals surface area contributed by atoms with Gasteiger partial charge in [-0.25, -0.2) is 8.78 Å². The van der Waals surface area contributed by atoms with Gasteiger partial charge in [0, 0.05) is 6.04 Å². The molecule has 0 radical (unpaired) electrons. The molecule has 1 fully saturated rings. The van der Waals surface area contributed by atoms with Gasteiger partial charge in [-0.2, -0.15) is 0 Å². The van der Waals surface area contributed by atoms with E-state index in [0.717, 1.165) is 18.9 Å². The average Bonchev–Trinajstić information content (AvgIpc) is 2.29. The molecule has 2 unspecified atom stereocenters. The molecule has 94 valence electrons. The fourth-order valence-electron chi connectivity index (χ4n) is 2.76. The summed E-state index contributed by atoms with van der Waals surface area (Å²) in [6, 6.07) is 4.53. The Morgan fingerprint density at radius 2 is 1.76 bits per heavy atom. The molecule has 17 heavy (non-hydrogen) atoms. The number of rotatable bonds is 2. The van der Waals surface area contributed by atoms with Gasteiger partial charge in [-0.15, -0.1) is 0 Å². The largest absolute Gasteiger partial charge is 0.379 e. The predicted octanol–water partition coefficient (Wildman–Crippen LogP) is 4.20. The Bertz CT molecular complexity index is 382. The van der Waals surface area contributed by atoms with Gasteiger partial charge >= 0.3 is 0 Å². The van der Waals surface area contributed by atoms with Crippen LogP contribution >= 0.6 is 0 Å². The second kappa shape index (κ2) is 5.03. The zero-order valence-electron chi connectivity index (χ0n) is 10.3. The van der Waals surface area contributed by atoms with Gasteiger partial charge in [-0.3, -0.25) is 0 Å². The van der Waals surface area contributed by atoms with Gasteiger partial charge in [0.2, 0.25) is 0 Å². The maximum Gasteiger partial charge on any atom is 0.181 e. The molecule has 0 aromatic heterocycles. The summed E-state index contributed by atoms with van der Waals surface area (Å²) >= 11 is 0. The van der Waals surface area contributed by atoms with Crippen LogP contribution in [0.15, 0.2) is 18.2 Å². The molecule has 0 aliphatic heterocycles. The molecule has 1 saturated carbocycles. The molecule has 1 nitrogen and oxygen atoms in total. The molecule has 1 aromatic rings. The molecule has 1 aliphatic carbocycles. The van der Waals surface area contributed by atoms with Crippen LogP contribution in [0.2, 0.25) is 0 Å². The van der Waals surface area contributed by atoms with Crippen molar-refractivity contribution in [1.82, 2.24) is 0 Å². The number of halogens is 2. The van der Waals surface area contributed by atoms with Crippen molar-refractivity contribution >= 4 is 5.69 Å². The van der Waals surface area contributed by atoms with Crippen LogP contribution in [-0.2, 0) is 0 Å². The Balaban J connectivity index is 2.16. The fraction of sp³-hybridized carbons (Fsp3) is 0.571. The summed E-state index contributed by atoms with van der Waals surface area (Å²) < 4.78 is 26.7. The number of hydrogen-bond donors (Lipinski definition) is 1. The van der Waals surface area contributed by atoms with Crippen LogP contribution in [0, 0.1) is 23.5 Å². The molecular weight excluding hydrogens is 220 g/mol. The van der Waals surface area contributed by atoms with E-state index in [0.29, 0.717) is 11.8 Å². The van der Waals surface area contributed by atoms with Crippen LogP contribution in [0.1, 0.15) is 33.1 Å². The molecule has 0 amide bonds. The third-order valence-corrected chi connectivity index (χ3v) is 3.82. The predicted molar refractivity (Wildman–Crippen MR) is 65.9 cm³/mol. The van der Waals surface area contributed by atoms with Crippen LogP contribution in [0.25, 0.3) is 0 Å². The highest BCUT2D eigenvalue weighted by atomic mass is 19.2. The molecule has 0 heterocycles. The van der Waals surface area contributed by atoms with E-state index in [1.165, 1.54) is 6.42 Å². The van der Waals surface area contributed by atoms with Crippen LogP contribution in [0.5, 0.6) is 0 Å². The maximum atomic E-state index is 13.6. The third-order valence-electron chi connectivity index (χ3n) is 3.82. The van der Waals surface area contributed by atoms with Gasteiger partial charge in [-0.05, 0) is 36.8 Å². The van der Waals surface area contributed by atoms with Gasteiger partial charge in [0.05, 0.1) is 5.69 Å². The van der Waals surface area contributed by atoms with Crippen molar-refractivity contribution in [3.05, 3.63) is 29.8 Å². The van der Waals surface area contributed by atoms with E-state index in [9.17, 15) is 8.78 Å². The van der Waals surface area contributed by atoms with E-state index < -0.39 is 11.6 Å². The molecule has 1 aliphatic rings.